The van der Waals surface area contributed by atoms with Gasteiger partial charge in [-0.05, 0) is 18.2 Å². The number of cyclic esters (lactones) is 1. The maximum absolute atomic E-state index is 11.6. The molecule has 0 saturated carbocycles. The van der Waals surface area contributed by atoms with Crippen LogP contribution in [0.15, 0.2) is 35.7 Å². The Balaban J connectivity index is 2.01. The molecule has 4 nitrogen and oxygen atoms in total. The Hall–Kier alpha value is -2.11. The summed E-state index contributed by atoms with van der Waals surface area (Å²) < 4.78 is 5.22. The summed E-state index contributed by atoms with van der Waals surface area (Å²) in [5.74, 6) is 0.218. The molecule has 1 aromatic heterocycles. The van der Waals surface area contributed by atoms with Gasteiger partial charge < -0.3 is 4.74 Å². The van der Waals surface area contributed by atoms with Crippen molar-refractivity contribution in [2.24, 2.45) is 0 Å². The molecule has 0 aliphatic carbocycles. The molecule has 1 aromatic carbocycles. The number of thiophene rings is 1. The standard InChI is InChI=1S/C13H9NO3S/c15-13-11-4-2-1-3-10(11)12(17-13)6-9-5-8(14-16)7-18-9/h1-7,14,16H. The molecule has 1 aliphatic rings. The summed E-state index contributed by atoms with van der Waals surface area (Å²) in [6, 6.07) is 9.04. The first-order valence-electron chi connectivity index (χ1n) is 5.30. The molecule has 0 amide bonds. The predicted molar refractivity (Wildman–Crippen MR) is 69.5 cm³/mol. The Kier molecular flexibility index (Phi) is 2.62. The van der Waals surface area contributed by atoms with Gasteiger partial charge in [0, 0.05) is 15.8 Å². The first-order chi connectivity index (χ1) is 8.78. The molecule has 2 aromatic rings. The first kappa shape index (κ1) is 11.0. The highest BCUT2D eigenvalue weighted by Gasteiger charge is 2.25. The maximum atomic E-state index is 11.6. The number of hydrogen-bond acceptors (Lipinski definition) is 5. The largest absolute Gasteiger partial charge is 0.422 e. The van der Waals surface area contributed by atoms with Gasteiger partial charge in [0.2, 0.25) is 0 Å². The number of anilines is 1. The summed E-state index contributed by atoms with van der Waals surface area (Å²) in [4.78, 5) is 12.5. The normalized spacial score (nSPS) is 15.6. The first-order valence-corrected chi connectivity index (χ1v) is 6.18. The minimum Gasteiger partial charge on any atom is -0.422 e. The number of rotatable bonds is 2. The van der Waals surface area contributed by atoms with Crippen molar-refractivity contribution < 1.29 is 14.7 Å². The predicted octanol–water partition coefficient (Wildman–Crippen LogP) is 3.22. The van der Waals surface area contributed by atoms with Crippen LogP contribution in [0.3, 0.4) is 0 Å². The third-order valence-electron chi connectivity index (χ3n) is 2.64. The zero-order valence-corrected chi connectivity index (χ0v) is 10.0. The van der Waals surface area contributed by atoms with Crippen LogP contribution in [0.4, 0.5) is 5.69 Å². The number of carbonyl (C=O) groups is 1. The topological polar surface area (TPSA) is 58.6 Å². The Morgan fingerprint density at radius 1 is 1.28 bits per heavy atom. The van der Waals surface area contributed by atoms with Crippen molar-refractivity contribution in [2.75, 3.05) is 5.48 Å². The van der Waals surface area contributed by atoms with E-state index < -0.39 is 0 Å². The highest BCUT2D eigenvalue weighted by atomic mass is 32.1. The second-order valence-electron chi connectivity index (χ2n) is 3.79. The number of ether oxygens (including phenoxy) is 1. The molecule has 5 heteroatoms. The van der Waals surface area contributed by atoms with Gasteiger partial charge in [0.25, 0.3) is 0 Å². The molecule has 0 unspecified atom stereocenters. The molecule has 3 rings (SSSR count). The molecule has 2 N–H and O–H groups in total. The minimum atomic E-state index is -0.325. The van der Waals surface area contributed by atoms with Crippen LogP contribution >= 0.6 is 11.3 Å². The lowest BCUT2D eigenvalue weighted by atomic mass is 10.1. The van der Waals surface area contributed by atoms with Crippen molar-refractivity contribution in [3.8, 4) is 0 Å². The summed E-state index contributed by atoms with van der Waals surface area (Å²) in [5, 5.41) is 10.5. The van der Waals surface area contributed by atoms with E-state index in [1.165, 1.54) is 11.3 Å². The van der Waals surface area contributed by atoms with Crippen LogP contribution in [0.25, 0.3) is 11.8 Å². The number of esters is 1. The molecular weight excluding hydrogens is 250 g/mol. The summed E-state index contributed by atoms with van der Waals surface area (Å²) in [6.45, 7) is 0. The van der Waals surface area contributed by atoms with E-state index in [9.17, 15) is 4.79 Å². The fourth-order valence-corrected chi connectivity index (χ4v) is 2.56. The lowest BCUT2D eigenvalue weighted by molar-refractivity contribution is 0.0717. The quantitative estimate of drug-likeness (QED) is 0.642. The van der Waals surface area contributed by atoms with Crippen molar-refractivity contribution in [2.45, 2.75) is 0 Å². The number of nitrogens with one attached hydrogen (secondary N) is 1. The molecule has 0 bridgehead atoms. The van der Waals surface area contributed by atoms with Gasteiger partial charge in [0.15, 0.2) is 0 Å². The average molecular weight is 259 g/mol. The zero-order chi connectivity index (χ0) is 12.5. The van der Waals surface area contributed by atoms with E-state index in [1.807, 2.05) is 18.2 Å². The smallest absolute Gasteiger partial charge is 0.344 e. The molecular formula is C13H9NO3S. The van der Waals surface area contributed by atoms with Crippen LogP contribution in [-0.2, 0) is 4.74 Å². The summed E-state index contributed by atoms with van der Waals surface area (Å²) >= 11 is 1.45. The van der Waals surface area contributed by atoms with Crippen LogP contribution in [0, 0.1) is 0 Å². The van der Waals surface area contributed by atoms with Gasteiger partial charge in [-0.15, -0.1) is 11.3 Å². The highest BCUT2D eigenvalue weighted by molar-refractivity contribution is 7.11. The molecule has 0 saturated heterocycles. The van der Waals surface area contributed by atoms with Crippen molar-refractivity contribution in [3.63, 3.8) is 0 Å². The number of hydrogen-bond donors (Lipinski definition) is 2. The van der Waals surface area contributed by atoms with E-state index in [1.54, 1.807) is 23.6 Å². The Morgan fingerprint density at radius 3 is 2.78 bits per heavy atom. The van der Waals surface area contributed by atoms with Gasteiger partial charge in [-0.25, -0.2) is 4.79 Å². The second-order valence-corrected chi connectivity index (χ2v) is 4.74. The lowest BCUT2D eigenvalue weighted by Gasteiger charge is -1.96. The van der Waals surface area contributed by atoms with Gasteiger partial charge in [0.1, 0.15) is 5.76 Å². The molecule has 0 radical (unpaired) electrons. The average Bonchev–Trinajstić information content (AvgIpc) is 2.97. The van der Waals surface area contributed by atoms with E-state index in [2.05, 4.69) is 5.48 Å². The van der Waals surface area contributed by atoms with Gasteiger partial charge in [-0.2, -0.15) is 0 Å². The molecule has 18 heavy (non-hydrogen) atoms. The molecule has 1 aliphatic heterocycles. The molecule has 2 heterocycles. The molecule has 90 valence electrons. The SMILES string of the molecule is O=C1OC(=Cc2cc(NO)cs2)c2ccccc21. The number of fused-ring (bicyclic) bond motifs is 1. The van der Waals surface area contributed by atoms with Gasteiger partial charge in [-0.1, -0.05) is 18.2 Å². The second kappa shape index (κ2) is 4.29. The third-order valence-corrected chi connectivity index (χ3v) is 3.52. The van der Waals surface area contributed by atoms with Crippen LogP contribution in [0.2, 0.25) is 0 Å². The minimum absolute atomic E-state index is 0.325. The van der Waals surface area contributed by atoms with E-state index in [0.29, 0.717) is 17.0 Å². The van der Waals surface area contributed by atoms with Crippen LogP contribution in [0.1, 0.15) is 20.8 Å². The van der Waals surface area contributed by atoms with Crippen LogP contribution < -0.4 is 5.48 Å². The van der Waals surface area contributed by atoms with Crippen LogP contribution in [-0.4, -0.2) is 11.2 Å². The van der Waals surface area contributed by atoms with Crippen LogP contribution in [0.5, 0.6) is 0 Å². The fraction of sp³-hybridized carbons (Fsp3) is 0. The maximum Gasteiger partial charge on any atom is 0.344 e. The van der Waals surface area contributed by atoms with E-state index in [0.717, 1.165) is 10.4 Å². The van der Waals surface area contributed by atoms with E-state index in [-0.39, 0.29) is 5.97 Å². The summed E-state index contributed by atoms with van der Waals surface area (Å²) in [6.07, 6.45) is 1.79. The Bertz CT molecular complexity index is 645. The fourth-order valence-electron chi connectivity index (χ4n) is 1.81. The number of carbonyl (C=O) groups excluding carboxylic acids is 1. The van der Waals surface area contributed by atoms with E-state index >= 15 is 0 Å². The van der Waals surface area contributed by atoms with Crippen molar-refractivity contribution in [1.82, 2.24) is 0 Å². The Morgan fingerprint density at radius 2 is 2.06 bits per heavy atom. The zero-order valence-electron chi connectivity index (χ0n) is 9.21. The molecule has 0 fully saturated rings. The van der Waals surface area contributed by atoms with Crippen molar-refractivity contribution in [3.05, 3.63) is 51.7 Å². The molecule has 0 spiro atoms. The summed E-state index contributed by atoms with van der Waals surface area (Å²) in [5.41, 5.74) is 4.07. The number of benzene rings is 1. The van der Waals surface area contributed by atoms with Crippen molar-refractivity contribution in [1.29, 1.82) is 0 Å². The third kappa shape index (κ3) is 1.79. The summed E-state index contributed by atoms with van der Waals surface area (Å²) in [7, 11) is 0. The molecule has 0 atom stereocenters. The van der Waals surface area contributed by atoms with Gasteiger partial charge in [-0.3, -0.25) is 10.7 Å². The van der Waals surface area contributed by atoms with E-state index in [4.69, 9.17) is 9.94 Å². The highest BCUT2D eigenvalue weighted by Crippen LogP contribution is 2.32. The monoisotopic (exact) mass is 259 g/mol. The Labute approximate surface area is 107 Å². The lowest BCUT2D eigenvalue weighted by Crippen LogP contribution is -1.92. The van der Waals surface area contributed by atoms with Crippen molar-refractivity contribution >= 4 is 34.8 Å². The van der Waals surface area contributed by atoms with Gasteiger partial charge >= 0.3 is 5.97 Å². The van der Waals surface area contributed by atoms with Gasteiger partial charge in [0.05, 0.1) is 11.3 Å².